The summed E-state index contributed by atoms with van der Waals surface area (Å²) in [7, 11) is 1.55. The number of rotatable bonds is 5. The molecule has 0 heterocycles. The van der Waals surface area contributed by atoms with E-state index in [9.17, 15) is 13.6 Å². The van der Waals surface area contributed by atoms with Crippen molar-refractivity contribution in [2.75, 3.05) is 20.2 Å². The third-order valence-electron chi connectivity index (χ3n) is 1.58. The molecule has 6 heteroatoms. The minimum atomic E-state index is -3.25. The van der Waals surface area contributed by atoms with E-state index >= 15 is 0 Å². The molecule has 1 atom stereocenters. The largest absolute Gasteiger partial charge is 0.390 e. The van der Waals surface area contributed by atoms with Crippen LogP contribution in [0.2, 0.25) is 0 Å². The highest BCUT2D eigenvalue weighted by Gasteiger charge is 2.28. The lowest BCUT2D eigenvalue weighted by Gasteiger charge is -2.16. The number of carbonyl (C=O) groups excluding carboxylic acids is 1. The summed E-state index contributed by atoms with van der Waals surface area (Å²) in [6, 6.07) is -0.519. The Bertz CT molecular complexity index is 176. The number of halogens is 2. The number of aliphatic hydroxyl groups excluding tert-OH is 1. The molecule has 0 fully saturated rings. The SMILES string of the molecule is CNC(C)C(=O)NCC(F)(F)CO. The average Bonchev–Trinajstić information content (AvgIpc) is 2.13. The van der Waals surface area contributed by atoms with E-state index in [4.69, 9.17) is 5.11 Å². The van der Waals surface area contributed by atoms with Crippen LogP contribution in [0.15, 0.2) is 0 Å². The summed E-state index contributed by atoms with van der Waals surface area (Å²) in [5.74, 6) is -3.76. The maximum atomic E-state index is 12.4. The fraction of sp³-hybridized carbons (Fsp3) is 0.857. The number of carbonyl (C=O) groups is 1. The van der Waals surface area contributed by atoms with Crippen LogP contribution < -0.4 is 10.6 Å². The first-order valence-corrected chi connectivity index (χ1v) is 3.86. The van der Waals surface area contributed by atoms with Crippen LogP contribution in [0.1, 0.15) is 6.92 Å². The zero-order valence-electron chi connectivity index (χ0n) is 7.60. The quantitative estimate of drug-likeness (QED) is 0.547. The number of hydrogen-bond donors (Lipinski definition) is 3. The molecule has 0 bridgehead atoms. The third-order valence-corrected chi connectivity index (χ3v) is 1.58. The van der Waals surface area contributed by atoms with Crippen molar-refractivity contribution < 1.29 is 18.7 Å². The number of aliphatic hydroxyl groups is 1. The smallest absolute Gasteiger partial charge is 0.287 e. The number of alkyl halides is 2. The first kappa shape index (κ1) is 12.2. The standard InChI is InChI=1S/C7H14F2N2O2/c1-5(10-2)6(13)11-3-7(8,9)4-12/h5,10,12H,3-4H2,1-2H3,(H,11,13). The summed E-state index contributed by atoms with van der Waals surface area (Å²) in [5, 5.41) is 12.8. The summed E-state index contributed by atoms with van der Waals surface area (Å²) in [6.07, 6.45) is 0. The van der Waals surface area contributed by atoms with Crippen molar-refractivity contribution in [1.82, 2.24) is 10.6 Å². The van der Waals surface area contributed by atoms with Crippen molar-refractivity contribution in [3.63, 3.8) is 0 Å². The van der Waals surface area contributed by atoms with Gasteiger partial charge in [-0.25, -0.2) is 8.78 Å². The van der Waals surface area contributed by atoms with E-state index < -0.39 is 31.0 Å². The van der Waals surface area contributed by atoms with Gasteiger partial charge in [-0.15, -0.1) is 0 Å². The molecule has 0 radical (unpaired) electrons. The Balaban J connectivity index is 3.83. The van der Waals surface area contributed by atoms with Gasteiger partial charge in [0.2, 0.25) is 5.91 Å². The van der Waals surface area contributed by atoms with Crippen LogP contribution in [0.3, 0.4) is 0 Å². The van der Waals surface area contributed by atoms with Gasteiger partial charge in [0.15, 0.2) is 0 Å². The maximum absolute atomic E-state index is 12.4. The second-order valence-electron chi connectivity index (χ2n) is 2.74. The van der Waals surface area contributed by atoms with Gasteiger partial charge in [0.05, 0.1) is 12.6 Å². The van der Waals surface area contributed by atoms with Gasteiger partial charge in [0.25, 0.3) is 5.92 Å². The molecule has 0 aromatic heterocycles. The monoisotopic (exact) mass is 196 g/mol. The molecule has 3 N–H and O–H groups in total. The van der Waals surface area contributed by atoms with Crippen molar-refractivity contribution in [2.45, 2.75) is 18.9 Å². The van der Waals surface area contributed by atoms with Gasteiger partial charge in [-0.05, 0) is 14.0 Å². The van der Waals surface area contributed by atoms with E-state index in [-0.39, 0.29) is 0 Å². The van der Waals surface area contributed by atoms with Crippen LogP contribution >= 0.6 is 0 Å². The van der Waals surface area contributed by atoms with Crippen LogP contribution in [-0.4, -0.2) is 43.2 Å². The second kappa shape index (κ2) is 5.08. The zero-order valence-corrected chi connectivity index (χ0v) is 7.60. The fourth-order valence-electron chi connectivity index (χ4n) is 0.557. The molecular weight excluding hydrogens is 182 g/mol. The Kier molecular flexibility index (Phi) is 4.79. The summed E-state index contributed by atoms with van der Waals surface area (Å²) < 4.78 is 24.8. The topological polar surface area (TPSA) is 61.4 Å². The first-order chi connectivity index (χ1) is 5.93. The van der Waals surface area contributed by atoms with Crippen LogP contribution in [0.5, 0.6) is 0 Å². The third kappa shape index (κ3) is 4.74. The predicted octanol–water partition coefficient (Wildman–Crippen LogP) is -0.662. The van der Waals surface area contributed by atoms with E-state index in [1.807, 2.05) is 5.32 Å². The van der Waals surface area contributed by atoms with Gasteiger partial charge in [0, 0.05) is 0 Å². The van der Waals surface area contributed by atoms with Crippen molar-refractivity contribution >= 4 is 5.91 Å². The van der Waals surface area contributed by atoms with Crippen molar-refractivity contribution in [3.8, 4) is 0 Å². The minimum Gasteiger partial charge on any atom is -0.390 e. The van der Waals surface area contributed by atoms with Crippen molar-refractivity contribution in [2.24, 2.45) is 0 Å². The van der Waals surface area contributed by atoms with Gasteiger partial charge < -0.3 is 15.7 Å². The van der Waals surface area contributed by atoms with E-state index in [0.29, 0.717) is 0 Å². The Morgan fingerprint density at radius 1 is 1.62 bits per heavy atom. The molecule has 1 amide bonds. The molecule has 78 valence electrons. The summed E-state index contributed by atoms with van der Waals surface area (Å²) in [5.41, 5.74) is 0. The van der Waals surface area contributed by atoms with Crippen molar-refractivity contribution in [3.05, 3.63) is 0 Å². The lowest BCUT2D eigenvalue weighted by atomic mass is 10.3. The van der Waals surface area contributed by atoms with E-state index in [1.165, 1.54) is 0 Å². The predicted molar refractivity (Wildman–Crippen MR) is 43.6 cm³/mol. The number of nitrogens with one attached hydrogen (secondary N) is 2. The van der Waals surface area contributed by atoms with Gasteiger partial charge >= 0.3 is 0 Å². The molecule has 0 saturated carbocycles. The van der Waals surface area contributed by atoms with Gasteiger partial charge in [-0.2, -0.15) is 0 Å². The van der Waals surface area contributed by atoms with Gasteiger partial charge in [-0.1, -0.05) is 0 Å². The molecule has 0 aromatic carbocycles. The molecule has 1 unspecified atom stereocenters. The van der Waals surface area contributed by atoms with Gasteiger partial charge in [0.1, 0.15) is 6.61 Å². The van der Waals surface area contributed by atoms with Crippen LogP contribution in [0, 0.1) is 0 Å². The number of likely N-dealkylation sites (N-methyl/N-ethyl adjacent to an activating group) is 1. The first-order valence-electron chi connectivity index (χ1n) is 3.86. The Labute approximate surface area is 75.3 Å². The molecule has 0 aliphatic heterocycles. The highest BCUT2D eigenvalue weighted by molar-refractivity contribution is 5.81. The molecule has 0 aliphatic carbocycles. The van der Waals surface area contributed by atoms with E-state index in [2.05, 4.69) is 5.32 Å². The normalized spacial score (nSPS) is 13.9. The van der Waals surface area contributed by atoms with Crippen LogP contribution in [-0.2, 0) is 4.79 Å². The van der Waals surface area contributed by atoms with Crippen LogP contribution in [0.25, 0.3) is 0 Å². The highest BCUT2D eigenvalue weighted by Crippen LogP contribution is 2.09. The lowest BCUT2D eigenvalue weighted by molar-refractivity contribution is -0.125. The number of amides is 1. The zero-order chi connectivity index (χ0) is 10.5. The molecule has 0 rings (SSSR count). The van der Waals surface area contributed by atoms with Crippen LogP contribution in [0.4, 0.5) is 8.78 Å². The van der Waals surface area contributed by atoms with E-state index in [1.54, 1.807) is 14.0 Å². The molecular formula is C7H14F2N2O2. The Morgan fingerprint density at radius 2 is 2.15 bits per heavy atom. The molecule has 0 spiro atoms. The van der Waals surface area contributed by atoms with Crippen molar-refractivity contribution in [1.29, 1.82) is 0 Å². The van der Waals surface area contributed by atoms with E-state index in [0.717, 1.165) is 0 Å². The summed E-state index contributed by atoms with van der Waals surface area (Å²) >= 11 is 0. The molecule has 4 nitrogen and oxygen atoms in total. The lowest BCUT2D eigenvalue weighted by Crippen LogP contribution is -2.46. The highest BCUT2D eigenvalue weighted by atomic mass is 19.3. The summed E-state index contributed by atoms with van der Waals surface area (Å²) in [6.45, 7) is -0.554. The minimum absolute atomic E-state index is 0.518. The average molecular weight is 196 g/mol. The number of hydrogen-bond acceptors (Lipinski definition) is 3. The summed E-state index contributed by atoms with van der Waals surface area (Å²) in [4.78, 5) is 10.9. The fourth-order valence-corrected chi connectivity index (χ4v) is 0.557. The maximum Gasteiger partial charge on any atom is 0.287 e. The second-order valence-corrected chi connectivity index (χ2v) is 2.74. The van der Waals surface area contributed by atoms with Gasteiger partial charge in [-0.3, -0.25) is 4.79 Å². The molecule has 0 saturated heterocycles. The Morgan fingerprint density at radius 3 is 2.54 bits per heavy atom. The molecule has 0 aromatic rings. The molecule has 0 aliphatic rings. The molecule has 13 heavy (non-hydrogen) atoms. The Hall–Kier alpha value is -0.750.